The van der Waals surface area contributed by atoms with Crippen LogP contribution < -0.4 is 0 Å². The lowest BCUT2D eigenvalue weighted by molar-refractivity contribution is 0.186. The van der Waals surface area contributed by atoms with Crippen LogP contribution in [-0.4, -0.2) is 46.9 Å². The van der Waals surface area contributed by atoms with E-state index in [1.807, 2.05) is 0 Å². The van der Waals surface area contributed by atoms with Crippen LogP contribution in [0.3, 0.4) is 0 Å². The monoisotopic (exact) mass is 635 g/mol. The van der Waals surface area contributed by atoms with Crippen LogP contribution in [0.25, 0.3) is 0 Å². The minimum absolute atomic E-state index is 0.332. The molecule has 0 rings (SSSR count). The van der Waals surface area contributed by atoms with Crippen LogP contribution in [0.5, 0.6) is 0 Å². The van der Waals surface area contributed by atoms with Gasteiger partial charge < -0.3 is 20.4 Å². The lowest BCUT2D eigenvalue weighted by atomic mass is 9.94. The molecule has 274 valence electrons. The van der Waals surface area contributed by atoms with Crippen LogP contribution in [0.1, 0.15) is 181 Å². The molecule has 4 heteroatoms. The van der Waals surface area contributed by atoms with E-state index in [-0.39, 0.29) is 0 Å². The van der Waals surface area contributed by atoms with E-state index in [1.165, 1.54) is 64.2 Å². The molecule has 0 bridgehead atoms. The highest BCUT2D eigenvalue weighted by molar-refractivity contribution is 4.58. The molecule has 4 N–H and O–H groups in total. The van der Waals surface area contributed by atoms with Gasteiger partial charge in [-0.05, 0) is 72.5 Å². The van der Waals surface area contributed by atoms with Gasteiger partial charge in [-0.15, -0.1) is 0 Å². The van der Waals surface area contributed by atoms with E-state index in [9.17, 15) is 0 Å². The van der Waals surface area contributed by atoms with Crippen molar-refractivity contribution in [2.24, 2.45) is 53.3 Å². The minimum Gasteiger partial charge on any atom is -0.396 e. The zero-order valence-electron chi connectivity index (χ0n) is 33.3. The van der Waals surface area contributed by atoms with Crippen LogP contribution >= 0.6 is 0 Å². The zero-order chi connectivity index (χ0) is 35.5. The Morgan fingerprint density at radius 3 is 1.05 bits per heavy atom. The molecule has 0 aliphatic carbocycles. The molecule has 0 aliphatic heterocycles. The van der Waals surface area contributed by atoms with E-state index in [0.29, 0.717) is 56.0 Å². The van der Waals surface area contributed by atoms with Crippen molar-refractivity contribution in [2.75, 3.05) is 26.4 Å². The van der Waals surface area contributed by atoms with Gasteiger partial charge in [0.15, 0.2) is 0 Å². The van der Waals surface area contributed by atoms with Gasteiger partial charge in [0, 0.05) is 26.4 Å². The van der Waals surface area contributed by atoms with Crippen LogP contribution in [0.15, 0.2) is 0 Å². The smallest absolute Gasteiger partial charge is 0.0461 e. The molecule has 0 heterocycles. The maximum atomic E-state index is 8.75. The summed E-state index contributed by atoms with van der Waals surface area (Å²) in [6, 6.07) is 0. The predicted molar refractivity (Wildman–Crippen MR) is 200 cm³/mol. The largest absolute Gasteiger partial charge is 0.396 e. The third-order valence-electron chi connectivity index (χ3n) is 8.14. The van der Waals surface area contributed by atoms with Gasteiger partial charge in [-0.1, -0.05) is 162 Å². The number of aliphatic hydroxyl groups excluding tert-OH is 4. The topological polar surface area (TPSA) is 80.9 Å². The number of aliphatic hydroxyl groups is 4. The molecule has 44 heavy (non-hydrogen) atoms. The van der Waals surface area contributed by atoms with Gasteiger partial charge in [0.2, 0.25) is 0 Å². The van der Waals surface area contributed by atoms with E-state index in [0.717, 1.165) is 36.5 Å². The summed E-state index contributed by atoms with van der Waals surface area (Å²) in [6.07, 6.45) is 15.2. The van der Waals surface area contributed by atoms with E-state index in [2.05, 4.69) is 104 Å². The molecular formula is C40H90O4. The molecule has 5 atom stereocenters. The van der Waals surface area contributed by atoms with Crippen molar-refractivity contribution in [1.29, 1.82) is 0 Å². The Morgan fingerprint density at radius 2 is 0.795 bits per heavy atom. The van der Waals surface area contributed by atoms with Gasteiger partial charge in [-0.25, -0.2) is 0 Å². The van der Waals surface area contributed by atoms with Gasteiger partial charge in [0.1, 0.15) is 0 Å². The van der Waals surface area contributed by atoms with Gasteiger partial charge in [0.05, 0.1) is 0 Å². The number of rotatable bonds is 20. The first-order valence-corrected chi connectivity index (χ1v) is 19.0. The Labute approximate surface area is 280 Å². The molecule has 0 aromatic rings. The van der Waals surface area contributed by atoms with E-state index >= 15 is 0 Å². The second-order valence-electron chi connectivity index (χ2n) is 15.2. The molecule has 0 aromatic heterocycles. The molecule has 0 radical (unpaired) electrons. The summed E-state index contributed by atoms with van der Waals surface area (Å²) in [5.74, 6) is 5.88. The second-order valence-corrected chi connectivity index (χ2v) is 15.2. The SMILES string of the molecule is CC(C)CC(C)CO.CC(C)CCCC(C)CO.CCC(CO)C(C)C.CCCC(C)CC(C)CO.CCCC(C)CCC. The Hall–Kier alpha value is -0.160. The molecular weight excluding hydrogens is 544 g/mol. The highest BCUT2D eigenvalue weighted by Crippen LogP contribution is 2.16. The molecule has 4 nitrogen and oxygen atoms in total. The highest BCUT2D eigenvalue weighted by Gasteiger charge is 2.08. The van der Waals surface area contributed by atoms with Crippen molar-refractivity contribution in [3.63, 3.8) is 0 Å². The fourth-order valence-corrected chi connectivity index (χ4v) is 5.16. The summed E-state index contributed by atoms with van der Waals surface area (Å²) in [5.41, 5.74) is 0. The van der Waals surface area contributed by atoms with Crippen molar-refractivity contribution in [3.05, 3.63) is 0 Å². The van der Waals surface area contributed by atoms with Gasteiger partial charge in [0.25, 0.3) is 0 Å². The Bertz CT molecular complexity index is 470. The zero-order valence-corrected chi connectivity index (χ0v) is 33.3. The van der Waals surface area contributed by atoms with Crippen molar-refractivity contribution < 1.29 is 20.4 Å². The molecule has 0 spiro atoms. The highest BCUT2D eigenvalue weighted by atomic mass is 16.3. The van der Waals surface area contributed by atoms with Crippen LogP contribution in [0.4, 0.5) is 0 Å². The Kier molecular flexibility index (Phi) is 49.5. The lowest BCUT2D eigenvalue weighted by Crippen LogP contribution is -2.11. The van der Waals surface area contributed by atoms with Gasteiger partial charge in [-0.2, -0.15) is 0 Å². The molecule has 0 aromatic carbocycles. The summed E-state index contributed by atoms with van der Waals surface area (Å²) >= 11 is 0. The van der Waals surface area contributed by atoms with Gasteiger partial charge >= 0.3 is 0 Å². The van der Waals surface area contributed by atoms with Crippen molar-refractivity contribution in [3.8, 4) is 0 Å². The summed E-state index contributed by atoms with van der Waals surface area (Å²) in [6.45, 7) is 34.2. The summed E-state index contributed by atoms with van der Waals surface area (Å²) < 4.78 is 0. The van der Waals surface area contributed by atoms with Crippen molar-refractivity contribution in [1.82, 2.24) is 0 Å². The van der Waals surface area contributed by atoms with E-state index in [4.69, 9.17) is 20.4 Å². The summed E-state index contributed by atoms with van der Waals surface area (Å²) in [4.78, 5) is 0. The van der Waals surface area contributed by atoms with Crippen LogP contribution in [-0.2, 0) is 0 Å². The average molecular weight is 635 g/mol. The van der Waals surface area contributed by atoms with Gasteiger partial charge in [-0.3, -0.25) is 0 Å². The summed E-state index contributed by atoms with van der Waals surface area (Å²) in [5, 5.41) is 34.7. The third kappa shape index (κ3) is 51.4. The lowest BCUT2D eigenvalue weighted by Gasteiger charge is -2.14. The first-order chi connectivity index (χ1) is 20.6. The average Bonchev–Trinajstić information content (AvgIpc) is 2.94. The summed E-state index contributed by atoms with van der Waals surface area (Å²) in [7, 11) is 0. The van der Waals surface area contributed by atoms with Crippen LogP contribution in [0, 0.1) is 53.3 Å². The molecule has 0 aliphatic rings. The first kappa shape index (κ1) is 53.3. The first-order valence-electron chi connectivity index (χ1n) is 19.0. The molecule has 0 fully saturated rings. The van der Waals surface area contributed by atoms with Crippen molar-refractivity contribution in [2.45, 2.75) is 181 Å². The minimum atomic E-state index is 0.332. The molecule has 0 saturated carbocycles. The fraction of sp³-hybridized carbons (Fsp3) is 1.00. The number of hydrogen-bond acceptors (Lipinski definition) is 4. The maximum absolute atomic E-state index is 8.75. The quantitative estimate of drug-likeness (QED) is 0.107. The fourth-order valence-electron chi connectivity index (χ4n) is 5.16. The Balaban J connectivity index is -0.000000145. The normalized spacial score (nSPS) is 14.2. The van der Waals surface area contributed by atoms with E-state index < -0.39 is 0 Å². The van der Waals surface area contributed by atoms with Crippen LogP contribution in [0.2, 0.25) is 0 Å². The molecule has 5 unspecified atom stereocenters. The predicted octanol–water partition coefficient (Wildman–Crippen LogP) is 11.4. The number of hydrogen-bond donors (Lipinski definition) is 4. The Morgan fingerprint density at radius 1 is 0.386 bits per heavy atom. The van der Waals surface area contributed by atoms with E-state index in [1.54, 1.807) is 0 Å². The molecule has 0 saturated heterocycles. The molecule has 0 amide bonds. The standard InChI is InChI=1S/2C9H20O.C8H18.2C7H16O/c1-8(2)5-4-6-9(3)7-10;1-4-5-8(2)6-9(3)7-10;1-4-6-8(3)7-5-2;1-6(2)4-7(3)5-8;1-4-7(5-8)6(2)3/h2*8-10H,4-7H2,1-3H3;8H,4-7H2,1-3H3;2*6-8H,4-5H2,1-3H3. The third-order valence-corrected chi connectivity index (χ3v) is 8.14. The second kappa shape index (κ2) is 40.9. The van der Waals surface area contributed by atoms with Crippen molar-refractivity contribution >= 4 is 0 Å². The maximum Gasteiger partial charge on any atom is 0.0461 e.